The monoisotopic (exact) mass is 593 g/mol. The SMILES string of the molecule is C[C@H](C(=O)NC(C)(C)C)N(Cc1ccc(F)cc1)C(=O)CN(c1ccc(Cl)cc1Cl)S(=O)(=O)c1ccccc1. The Morgan fingerprint density at radius 2 is 1.59 bits per heavy atom. The van der Waals surface area contributed by atoms with Crippen LogP contribution in [0, 0.1) is 5.82 Å². The zero-order valence-corrected chi connectivity index (χ0v) is 24.3. The summed E-state index contributed by atoms with van der Waals surface area (Å²) in [5, 5.41) is 3.16. The van der Waals surface area contributed by atoms with Crippen molar-refractivity contribution < 1.29 is 22.4 Å². The van der Waals surface area contributed by atoms with E-state index in [0.717, 1.165) is 4.31 Å². The standard InChI is InChI=1S/C28H30Cl2FN3O4S/c1-19(27(36)32-28(2,3)4)33(17-20-10-13-22(31)14-11-20)26(35)18-34(25-15-12-21(29)16-24(25)30)39(37,38)23-8-6-5-7-9-23/h5-16,19H,17-18H2,1-4H3,(H,32,36)/t19-/m1/s1. The Hall–Kier alpha value is -3.14. The van der Waals surface area contributed by atoms with Crippen molar-refractivity contribution in [1.29, 1.82) is 0 Å². The highest BCUT2D eigenvalue weighted by Crippen LogP contribution is 2.33. The van der Waals surface area contributed by atoms with Crippen molar-refractivity contribution in [3.8, 4) is 0 Å². The number of hydrogen-bond donors (Lipinski definition) is 1. The predicted octanol–water partition coefficient (Wildman–Crippen LogP) is 5.66. The molecule has 0 saturated heterocycles. The van der Waals surface area contributed by atoms with Crippen LogP contribution in [0.4, 0.5) is 10.1 Å². The lowest BCUT2D eigenvalue weighted by Gasteiger charge is -2.33. The molecule has 0 spiro atoms. The number of amides is 2. The summed E-state index contributed by atoms with van der Waals surface area (Å²) in [7, 11) is -4.26. The molecule has 0 bridgehead atoms. The quantitative estimate of drug-likeness (QED) is 0.347. The number of anilines is 1. The molecule has 3 rings (SSSR count). The highest BCUT2D eigenvalue weighted by molar-refractivity contribution is 7.92. The molecule has 0 aliphatic carbocycles. The number of sulfonamides is 1. The smallest absolute Gasteiger partial charge is 0.264 e. The van der Waals surface area contributed by atoms with Crippen molar-refractivity contribution >= 4 is 50.7 Å². The van der Waals surface area contributed by atoms with Gasteiger partial charge in [0.1, 0.15) is 18.4 Å². The summed E-state index contributed by atoms with van der Waals surface area (Å²) in [4.78, 5) is 28.2. The van der Waals surface area contributed by atoms with E-state index < -0.39 is 45.8 Å². The number of nitrogens with one attached hydrogen (secondary N) is 1. The van der Waals surface area contributed by atoms with Crippen molar-refractivity contribution in [3.63, 3.8) is 0 Å². The maximum atomic E-state index is 13.9. The molecule has 0 aliphatic rings. The predicted molar refractivity (Wildman–Crippen MR) is 152 cm³/mol. The summed E-state index contributed by atoms with van der Waals surface area (Å²) >= 11 is 12.4. The highest BCUT2D eigenvalue weighted by Gasteiger charge is 2.34. The molecule has 1 atom stereocenters. The van der Waals surface area contributed by atoms with E-state index in [9.17, 15) is 22.4 Å². The van der Waals surface area contributed by atoms with Crippen LogP contribution in [0.1, 0.15) is 33.3 Å². The molecular formula is C28H30Cl2FN3O4S. The molecule has 208 valence electrons. The molecule has 0 fully saturated rings. The largest absolute Gasteiger partial charge is 0.350 e. The topological polar surface area (TPSA) is 86.8 Å². The molecule has 0 heterocycles. The summed E-state index contributed by atoms with van der Waals surface area (Å²) in [6.45, 7) is 6.24. The summed E-state index contributed by atoms with van der Waals surface area (Å²) < 4.78 is 41.9. The molecule has 0 saturated carbocycles. The molecule has 0 aromatic heterocycles. The summed E-state index contributed by atoms with van der Waals surface area (Å²) in [6.07, 6.45) is 0. The van der Waals surface area contributed by atoms with Gasteiger partial charge >= 0.3 is 0 Å². The zero-order valence-electron chi connectivity index (χ0n) is 22.0. The Morgan fingerprint density at radius 3 is 2.15 bits per heavy atom. The number of hydrogen-bond acceptors (Lipinski definition) is 4. The molecule has 7 nitrogen and oxygen atoms in total. The average molecular weight is 595 g/mol. The summed E-state index contributed by atoms with van der Waals surface area (Å²) in [5.41, 5.74) is 0.0316. The first kappa shape index (κ1) is 30.4. The second kappa shape index (κ2) is 12.4. The van der Waals surface area contributed by atoms with Crippen LogP contribution >= 0.6 is 23.2 Å². The van der Waals surface area contributed by atoms with Crippen molar-refractivity contribution in [3.05, 3.63) is 94.2 Å². The molecular weight excluding hydrogens is 564 g/mol. The minimum atomic E-state index is -4.26. The van der Waals surface area contributed by atoms with E-state index in [-0.39, 0.29) is 27.2 Å². The van der Waals surface area contributed by atoms with Gasteiger partial charge in [-0.15, -0.1) is 0 Å². The van der Waals surface area contributed by atoms with Gasteiger partial charge in [0, 0.05) is 17.1 Å². The van der Waals surface area contributed by atoms with Crippen LogP contribution in [-0.4, -0.2) is 43.3 Å². The molecule has 0 aliphatic heterocycles. The fraction of sp³-hybridized carbons (Fsp3) is 0.286. The third-order valence-electron chi connectivity index (χ3n) is 5.72. The van der Waals surface area contributed by atoms with E-state index in [2.05, 4.69) is 5.32 Å². The van der Waals surface area contributed by atoms with Gasteiger partial charge in [-0.25, -0.2) is 12.8 Å². The van der Waals surface area contributed by atoms with Gasteiger partial charge in [0.2, 0.25) is 11.8 Å². The first-order valence-electron chi connectivity index (χ1n) is 12.1. The molecule has 39 heavy (non-hydrogen) atoms. The van der Waals surface area contributed by atoms with E-state index >= 15 is 0 Å². The van der Waals surface area contributed by atoms with Crippen LogP contribution in [0.5, 0.6) is 0 Å². The van der Waals surface area contributed by atoms with E-state index in [1.807, 2.05) is 0 Å². The van der Waals surface area contributed by atoms with Gasteiger partial charge in [0.15, 0.2) is 0 Å². The van der Waals surface area contributed by atoms with Gasteiger partial charge in [0.05, 0.1) is 15.6 Å². The maximum Gasteiger partial charge on any atom is 0.264 e. The third kappa shape index (κ3) is 7.94. The number of halogens is 3. The van der Waals surface area contributed by atoms with E-state index in [4.69, 9.17) is 23.2 Å². The molecule has 1 N–H and O–H groups in total. The van der Waals surface area contributed by atoms with Gasteiger partial charge in [-0.1, -0.05) is 53.5 Å². The Bertz CT molecular complexity index is 1430. The van der Waals surface area contributed by atoms with Gasteiger partial charge in [-0.3, -0.25) is 13.9 Å². The molecule has 0 unspecified atom stereocenters. The maximum absolute atomic E-state index is 13.9. The van der Waals surface area contributed by atoms with Gasteiger partial charge in [0.25, 0.3) is 10.0 Å². The first-order valence-corrected chi connectivity index (χ1v) is 14.3. The Labute approximate surface area is 238 Å². The van der Waals surface area contributed by atoms with Crippen LogP contribution in [0.3, 0.4) is 0 Å². The molecule has 3 aromatic carbocycles. The van der Waals surface area contributed by atoms with E-state index in [0.29, 0.717) is 5.56 Å². The number of rotatable bonds is 9. The number of nitrogens with zero attached hydrogens (tertiary/aromatic N) is 2. The number of benzene rings is 3. The van der Waals surface area contributed by atoms with Crippen molar-refractivity contribution in [1.82, 2.24) is 10.2 Å². The fourth-order valence-corrected chi connectivity index (χ4v) is 5.77. The van der Waals surface area contributed by atoms with Crippen LogP contribution in [0.15, 0.2) is 77.7 Å². The lowest BCUT2D eigenvalue weighted by Crippen LogP contribution is -2.54. The fourth-order valence-electron chi connectivity index (χ4n) is 3.76. The van der Waals surface area contributed by atoms with Crippen LogP contribution in [0.2, 0.25) is 10.0 Å². The van der Waals surface area contributed by atoms with Crippen LogP contribution in [0.25, 0.3) is 0 Å². The molecule has 2 amide bonds. The average Bonchev–Trinajstić information content (AvgIpc) is 2.86. The Balaban J connectivity index is 2.05. The lowest BCUT2D eigenvalue weighted by atomic mass is 10.1. The van der Waals surface area contributed by atoms with Crippen LogP contribution < -0.4 is 9.62 Å². The Kier molecular flexibility index (Phi) is 9.64. The minimum Gasteiger partial charge on any atom is -0.350 e. The molecule has 0 radical (unpaired) electrons. The summed E-state index contributed by atoms with van der Waals surface area (Å²) in [5.74, 6) is -1.55. The third-order valence-corrected chi connectivity index (χ3v) is 8.03. The Morgan fingerprint density at radius 1 is 0.974 bits per heavy atom. The first-order chi connectivity index (χ1) is 18.2. The summed E-state index contributed by atoms with van der Waals surface area (Å²) in [6, 6.07) is 16.4. The molecule has 3 aromatic rings. The van der Waals surface area contributed by atoms with Gasteiger partial charge in [-0.2, -0.15) is 0 Å². The second-order valence-electron chi connectivity index (χ2n) is 9.98. The second-order valence-corrected chi connectivity index (χ2v) is 12.7. The molecule has 11 heteroatoms. The highest BCUT2D eigenvalue weighted by atomic mass is 35.5. The minimum absolute atomic E-state index is 0.0263. The number of carbonyl (C=O) groups is 2. The normalized spacial score (nSPS) is 12.5. The van der Waals surface area contributed by atoms with Gasteiger partial charge < -0.3 is 10.2 Å². The zero-order chi connectivity index (χ0) is 29.0. The van der Waals surface area contributed by atoms with Crippen molar-refractivity contribution in [2.24, 2.45) is 0 Å². The number of carbonyl (C=O) groups excluding carboxylic acids is 2. The van der Waals surface area contributed by atoms with Gasteiger partial charge in [-0.05, 0) is 75.7 Å². The van der Waals surface area contributed by atoms with E-state index in [1.54, 1.807) is 45.9 Å². The van der Waals surface area contributed by atoms with Crippen molar-refractivity contribution in [2.45, 2.75) is 50.7 Å². The van der Waals surface area contributed by atoms with E-state index in [1.165, 1.54) is 59.5 Å². The lowest BCUT2D eigenvalue weighted by molar-refractivity contribution is -0.140. The van der Waals surface area contributed by atoms with Crippen LogP contribution in [-0.2, 0) is 26.2 Å². The van der Waals surface area contributed by atoms with Crippen molar-refractivity contribution in [2.75, 3.05) is 10.8 Å².